The number of benzene rings is 1. The van der Waals surface area contributed by atoms with Crippen LogP contribution in [0.3, 0.4) is 0 Å². The van der Waals surface area contributed by atoms with E-state index in [0.29, 0.717) is 18.2 Å². The zero-order valence-electron chi connectivity index (χ0n) is 16.7. The van der Waals surface area contributed by atoms with Gasteiger partial charge in [0, 0.05) is 18.4 Å². The Bertz CT molecular complexity index is 1140. The summed E-state index contributed by atoms with van der Waals surface area (Å²) in [7, 11) is -4.81. The number of alkyl halides is 7. The molecular weight excluding hydrogens is 481 g/mol. The third kappa shape index (κ3) is 5.12. The van der Waals surface area contributed by atoms with E-state index in [0.717, 1.165) is 24.5 Å². The molecule has 0 atom stereocenters. The van der Waals surface area contributed by atoms with E-state index in [2.05, 4.69) is 10.3 Å². The Morgan fingerprint density at radius 3 is 2.24 bits per heavy atom. The predicted octanol–water partition coefficient (Wildman–Crippen LogP) is 4.93. The van der Waals surface area contributed by atoms with Gasteiger partial charge in [-0.25, -0.2) is 12.8 Å². The van der Waals surface area contributed by atoms with Gasteiger partial charge in [0.25, 0.3) is 5.91 Å². The summed E-state index contributed by atoms with van der Waals surface area (Å²) in [5.41, 5.74) is -3.19. The predicted molar refractivity (Wildman–Crippen MR) is 101 cm³/mol. The molecule has 1 N–H and O–H groups in total. The van der Waals surface area contributed by atoms with Gasteiger partial charge in [0.2, 0.25) is 14.8 Å². The van der Waals surface area contributed by atoms with Gasteiger partial charge in [-0.05, 0) is 49.9 Å². The lowest BCUT2D eigenvalue weighted by molar-refractivity contribution is -0.138. The largest absolute Gasteiger partial charge is 0.417 e. The van der Waals surface area contributed by atoms with Gasteiger partial charge in [-0.3, -0.25) is 9.78 Å². The van der Waals surface area contributed by atoms with Crippen molar-refractivity contribution < 1.29 is 43.9 Å². The Kier molecular flexibility index (Phi) is 6.48. The first-order valence-corrected chi connectivity index (χ1v) is 11.1. The Labute approximate surface area is 183 Å². The number of aromatic nitrogens is 1. The van der Waals surface area contributed by atoms with E-state index < -0.39 is 73.6 Å². The molecule has 0 bridgehead atoms. The van der Waals surface area contributed by atoms with E-state index in [4.69, 9.17) is 0 Å². The first kappa shape index (κ1) is 24.9. The number of hydrogen-bond acceptors (Lipinski definition) is 4. The molecule has 0 radical (unpaired) electrons. The third-order valence-electron chi connectivity index (χ3n) is 5.39. The van der Waals surface area contributed by atoms with Gasteiger partial charge in [-0.1, -0.05) is 6.07 Å². The van der Waals surface area contributed by atoms with Crippen molar-refractivity contribution >= 4 is 15.7 Å². The van der Waals surface area contributed by atoms with Crippen LogP contribution in [0.1, 0.15) is 47.2 Å². The van der Waals surface area contributed by atoms with Crippen LogP contribution in [-0.2, 0) is 22.2 Å². The van der Waals surface area contributed by atoms with Crippen molar-refractivity contribution in [1.82, 2.24) is 10.3 Å². The molecule has 1 saturated carbocycles. The summed E-state index contributed by atoms with van der Waals surface area (Å²) in [4.78, 5) is 15.0. The van der Waals surface area contributed by atoms with Crippen LogP contribution in [0.5, 0.6) is 0 Å². The van der Waals surface area contributed by atoms with Crippen LogP contribution in [0.15, 0.2) is 47.6 Å². The number of carbonyl (C=O) groups excluding carboxylic acids is 1. The number of amides is 1. The molecule has 1 aromatic carbocycles. The molecule has 1 heterocycles. The van der Waals surface area contributed by atoms with Gasteiger partial charge in [-0.15, -0.1) is 0 Å². The zero-order valence-corrected chi connectivity index (χ0v) is 17.5. The third-order valence-corrected chi connectivity index (χ3v) is 7.64. The molecule has 1 aliphatic carbocycles. The van der Waals surface area contributed by atoms with Crippen LogP contribution in [0.25, 0.3) is 0 Å². The van der Waals surface area contributed by atoms with E-state index in [1.807, 2.05) is 0 Å². The van der Waals surface area contributed by atoms with Crippen LogP contribution >= 0.6 is 0 Å². The molecule has 0 spiro atoms. The lowest BCUT2D eigenvalue weighted by Crippen LogP contribution is -2.45. The van der Waals surface area contributed by atoms with E-state index >= 15 is 4.39 Å². The topological polar surface area (TPSA) is 76.1 Å². The van der Waals surface area contributed by atoms with Crippen LogP contribution in [-0.4, -0.2) is 30.4 Å². The van der Waals surface area contributed by atoms with Crippen LogP contribution < -0.4 is 5.32 Å². The summed E-state index contributed by atoms with van der Waals surface area (Å²) in [6.45, 7) is 0. The maximum atomic E-state index is 15.4. The Balaban J connectivity index is 1.74. The van der Waals surface area contributed by atoms with Crippen molar-refractivity contribution in [3.8, 4) is 0 Å². The second-order valence-electron chi connectivity index (χ2n) is 7.58. The maximum absolute atomic E-state index is 15.4. The summed E-state index contributed by atoms with van der Waals surface area (Å²) in [5.74, 6) is -1.10. The summed E-state index contributed by atoms with van der Waals surface area (Å²) >= 11 is 0. The number of carbonyl (C=O) groups is 1. The van der Waals surface area contributed by atoms with Gasteiger partial charge in [0.15, 0.2) is 0 Å². The van der Waals surface area contributed by atoms with Gasteiger partial charge >= 0.3 is 12.4 Å². The highest BCUT2D eigenvalue weighted by molar-refractivity contribution is 7.92. The SMILES string of the molecule is O=C(NC1CCC(F)(S(=O)(=O)c2cccc(C(F)(F)F)c2)CC1)c1cnccc1C(F)(F)F. The van der Waals surface area contributed by atoms with Gasteiger partial charge in [0.05, 0.1) is 21.6 Å². The molecule has 0 aliphatic heterocycles. The summed E-state index contributed by atoms with van der Waals surface area (Å²) in [5, 5.41) is -0.569. The van der Waals surface area contributed by atoms with Crippen molar-refractivity contribution in [3.63, 3.8) is 0 Å². The first-order chi connectivity index (χ1) is 15.1. The molecule has 1 amide bonds. The molecular formula is C20H17F7N2O3S. The number of nitrogens with one attached hydrogen (secondary N) is 1. The summed E-state index contributed by atoms with van der Waals surface area (Å²) < 4.78 is 119. The molecule has 1 fully saturated rings. The number of pyridine rings is 1. The minimum atomic E-state index is -4.82. The van der Waals surface area contributed by atoms with Crippen LogP contribution in [0.4, 0.5) is 30.7 Å². The molecule has 13 heteroatoms. The minimum absolute atomic E-state index is 0.248. The second-order valence-corrected chi connectivity index (χ2v) is 9.79. The van der Waals surface area contributed by atoms with Gasteiger partial charge < -0.3 is 5.32 Å². The Morgan fingerprint density at radius 2 is 1.67 bits per heavy atom. The Morgan fingerprint density at radius 1 is 1.03 bits per heavy atom. The lowest BCUT2D eigenvalue weighted by atomic mass is 9.93. The standard InChI is InChI=1S/C20H17F7N2O3S/c21-18(33(31,32)14-3-1-2-12(10-14)19(22,23)24)7-4-13(5-8-18)29-17(30)15-11-28-9-6-16(15)20(25,26)27/h1-3,6,9-11,13H,4-5,7-8H2,(H,29,30). The van der Waals surface area contributed by atoms with E-state index in [1.165, 1.54) is 0 Å². The molecule has 5 nitrogen and oxygen atoms in total. The van der Waals surface area contributed by atoms with Crippen molar-refractivity contribution in [3.05, 3.63) is 59.4 Å². The fourth-order valence-corrected chi connectivity index (χ4v) is 5.33. The quantitative estimate of drug-likeness (QED) is 0.607. The average molecular weight is 498 g/mol. The molecule has 1 aromatic heterocycles. The summed E-state index contributed by atoms with van der Waals surface area (Å²) in [6, 6.07) is 2.52. The zero-order chi connectivity index (χ0) is 24.7. The highest BCUT2D eigenvalue weighted by Gasteiger charge is 2.48. The highest BCUT2D eigenvalue weighted by atomic mass is 32.2. The molecule has 0 saturated heterocycles. The molecule has 3 rings (SSSR count). The van der Waals surface area contributed by atoms with Crippen LogP contribution in [0, 0.1) is 0 Å². The first-order valence-electron chi connectivity index (χ1n) is 9.58. The number of sulfone groups is 1. The highest BCUT2D eigenvalue weighted by Crippen LogP contribution is 2.41. The smallest absolute Gasteiger partial charge is 0.349 e. The number of rotatable bonds is 4. The fourth-order valence-electron chi connectivity index (χ4n) is 3.60. The van der Waals surface area contributed by atoms with Crippen LogP contribution in [0.2, 0.25) is 0 Å². The molecule has 1 aliphatic rings. The fraction of sp³-hybridized carbons (Fsp3) is 0.400. The summed E-state index contributed by atoms with van der Waals surface area (Å²) in [6.07, 6.45) is -9.84. The average Bonchev–Trinajstić information content (AvgIpc) is 2.74. The normalized spacial score (nSPS) is 22.1. The van der Waals surface area contributed by atoms with E-state index in [9.17, 15) is 39.6 Å². The minimum Gasteiger partial charge on any atom is -0.349 e. The number of nitrogens with zero attached hydrogens (tertiary/aromatic N) is 1. The molecule has 33 heavy (non-hydrogen) atoms. The van der Waals surface area contributed by atoms with E-state index in [-0.39, 0.29) is 12.8 Å². The second kappa shape index (κ2) is 8.58. The van der Waals surface area contributed by atoms with Crippen molar-refractivity contribution in [2.24, 2.45) is 0 Å². The number of halogens is 7. The molecule has 180 valence electrons. The maximum Gasteiger partial charge on any atom is 0.417 e. The Hall–Kier alpha value is -2.70. The van der Waals surface area contributed by atoms with Crippen molar-refractivity contribution in [2.45, 2.75) is 54.0 Å². The van der Waals surface area contributed by atoms with E-state index in [1.54, 1.807) is 0 Å². The number of hydrogen-bond donors (Lipinski definition) is 1. The molecule has 2 aromatic rings. The molecule has 0 unspecified atom stereocenters. The van der Waals surface area contributed by atoms with Gasteiger partial charge in [-0.2, -0.15) is 26.3 Å². The lowest BCUT2D eigenvalue weighted by Gasteiger charge is -2.34. The van der Waals surface area contributed by atoms with Gasteiger partial charge in [0.1, 0.15) is 0 Å². The monoisotopic (exact) mass is 498 g/mol. The van der Waals surface area contributed by atoms with Crippen molar-refractivity contribution in [2.75, 3.05) is 0 Å². The van der Waals surface area contributed by atoms with Crippen molar-refractivity contribution in [1.29, 1.82) is 0 Å².